The van der Waals surface area contributed by atoms with Crippen molar-refractivity contribution in [2.75, 3.05) is 6.54 Å². The fourth-order valence-electron chi connectivity index (χ4n) is 2.41. The molecule has 1 aliphatic rings. The highest BCUT2D eigenvalue weighted by Gasteiger charge is 2.37. The first-order valence-electron chi connectivity index (χ1n) is 7.29. The molecule has 0 aromatic heterocycles. The van der Waals surface area contributed by atoms with Crippen LogP contribution < -0.4 is 0 Å². The Morgan fingerprint density at radius 1 is 1.20 bits per heavy atom. The molecule has 1 heterocycles. The zero-order chi connectivity index (χ0) is 15.6. The fraction of sp³-hybridized carbons (Fsp3) is 0.867. The van der Waals surface area contributed by atoms with Crippen LogP contribution in [-0.4, -0.2) is 46.2 Å². The summed E-state index contributed by atoms with van der Waals surface area (Å²) in [5.41, 5.74) is -0.836. The molecule has 0 saturated carbocycles. The number of hydrogen-bond acceptors (Lipinski definition) is 3. The van der Waals surface area contributed by atoms with E-state index in [0.717, 1.165) is 25.7 Å². The van der Waals surface area contributed by atoms with E-state index in [9.17, 15) is 9.59 Å². The Labute approximate surface area is 122 Å². The van der Waals surface area contributed by atoms with Gasteiger partial charge in [0.05, 0.1) is 0 Å². The molecule has 1 fully saturated rings. The highest BCUT2D eigenvalue weighted by molar-refractivity contribution is 5.69. The van der Waals surface area contributed by atoms with Crippen molar-refractivity contribution >= 4 is 12.5 Å². The Morgan fingerprint density at radius 3 is 2.25 bits per heavy atom. The number of hydrogen-bond donors (Lipinski definition) is 0. The molecule has 1 saturated heterocycles. The largest absolute Gasteiger partial charge is 0.444 e. The Morgan fingerprint density at radius 2 is 1.80 bits per heavy atom. The van der Waals surface area contributed by atoms with Gasteiger partial charge in [0, 0.05) is 12.1 Å². The second-order valence-corrected chi connectivity index (χ2v) is 7.33. The van der Waals surface area contributed by atoms with Gasteiger partial charge in [-0.3, -0.25) is 9.69 Å². The second kappa shape index (κ2) is 6.02. The molecule has 0 N–H and O–H groups in total. The van der Waals surface area contributed by atoms with Gasteiger partial charge >= 0.3 is 6.09 Å². The van der Waals surface area contributed by atoms with Crippen molar-refractivity contribution in [3.63, 3.8) is 0 Å². The molecule has 0 unspecified atom stereocenters. The molecule has 5 nitrogen and oxygen atoms in total. The van der Waals surface area contributed by atoms with Gasteiger partial charge in [0.1, 0.15) is 11.8 Å². The Balaban J connectivity index is 2.91. The van der Waals surface area contributed by atoms with Crippen LogP contribution in [0.15, 0.2) is 0 Å². The van der Waals surface area contributed by atoms with E-state index in [-0.39, 0.29) is 17.8 Å². The van der Waals surface area contributed by atoms with Crippen molar-refractivity contribution in [3.8, 4) is 0 Å². The number of carbonyl (C=O) groups excluding carboxylic acids is 2. The number of nitrogens with zero attached hydrogens (tertiary/aromatic N) is 2. The van der Waals surface area contributed by atoms with E-state index in [1.54, 1.807) is 9.80 Å². The lowest BCUT2D eigenvalue weighted by molar-refractivity contribution is -0.132. The van der Waals surface area contributed by atoms with Gasteiger partial charge in [0.15, 0.2) is 0 Å². The number of amides is 2. The second-order valence-electron chi connectivity index (χ2n) is 7.33. The van der Waals surface area contributed by atoms with Crippen LogP contribution in [0.4, 0.5) is 4.79 Å². The van der Waals surface area contributed by atoms with Crippen LogP contribution in [-0.2, 0) is 9.53 Å². The average Bonchev–Trinajstić information content (AvgIpc) is 2.26. The van der Waals surface area contributed by atoms with E-state index in [2.05, 4.69) is 0 Å². The minimum absolute atomic E-state index is 0.212. The SMILES string of the molecule is CC(C)(C)OC(=O)N1CCCC[C@H]1N(C=O)C(C)(C)C. The highest BCUT2D eigenvalue weighted by Crippen LogP contribution is 2.26. The van der Waals surface area contributed by atoms with Crippen LogP contribution >= 0.6 is 0 Å². The van der Waals surface area contributed by atoms with Crippen LogP contribution in [0.3, 0.4) is 0 Å². The third kappa shape index (κ3) is 4.39. The summed E-state index contributed by atoms with van der Waals surface area (Å²) in [6.07, 6.45) is 3.06. The Hall–Kier alpha value is -1.26. The molecule has 0 aromatic rings. The fourth-order valence-corrected chi connectivity index (χ4v) is 2.41. The number of piperidine rings is 1. The van der Waals surface area contributed by atoms with Crippen LogP contribution in [0.1, 0.15) is 60.8 Å². The summed E-state index contributed by atoms with van der Waals surface area (Å²) in [6, 6.07) is 0. The van der Waals surface area contributed by atoms with Gasteiger partial charge in [-0.25, -0.2) is 4.79 Å². The third-order valence-electron chi connectivity index (χ3n) is 3.31. The minimum Gasteiger partial charge on any atom is -0.444 e. The summed E-state index contributed by atoms with van der Waals surface area (Å²) in [4.78, 5) is 27.2. The van der Waals surface area contributed by atoms with Gasteiger partial charge in [0.25, 0.3) is 0 Å². The molecule has 1 rings (SSSR count). The number of rotatable bonds is 2. The number of likely N-dealkylation sites (tertiary alicyclic amines) is 1. The lowest BCUT2D eigenvalue weighted by Gasteiger charge is -2.46. The standard InChI is InChI=1S/C15H28N2O3/c1-14(2,3)17(11-18)12-9-7-8-10-16(12)13(19)20-15(4,5)6/h11-12H,7-10H2,1-6H3/t12-/m1/s1. The number of ether oxygens (including phenoxy) is 1. The molecule has 116 valence electrons. The molecule has 1 aliphatic heterocycles. The first-order chi connectivity index (χ1) is 9.06. The lowest BCUT2D eigenvalue weighted by atomic mass is 10.0. The molecule has 0 aliphatic carbocycles. The molecule has 1 atom stereocenters. The topological polar surface area (TPSA) is 49.9 Å². The minimum atomic E-state index is -0.521. The van der Waals surface area contributed by atoms with Crippen molar-refractivity contribution in [2.24, 2.45) is 0 Å². The van der Waals surface area contributed by atoms with Crippen LogP contribution in [0.2, 0.25) is 0 Å². The average molecular weight is 284 g/mol. The van der Waals surface area contributed by atoms with E-state index < -0.39 is 5.60 Å². The maximum Gasteiger partial charge on any atom is 0.411 e. The third-order valence-corrected chi connectivity index (χ3v) is 3.31. The Kier molecular flexibility index (Phi) is 5.05. The van der Waals surface area contributed by atoms with Crippen LogP contribution in [0.5, 0.6) is 0 Å². The molecule has 2 amide bonds. The molecular weight excluding hydrogens is 256 g/mol. The maximum atomic E-state index is 12.3. The van der Waals surface area contributed by atoms with Crippen molar-refractivity contribution in [3.05, 3.63) is 0 Å². The van der Waals surface area contributed by atoms with E-state index in [1.807, 2.05) is 41.5 Å². The monoisotopic (exact) mass is 284 g/mol. The molecule has 0 radical (unpaired) electrons. The first-order valence-corrected chi connectivity index (χ1v) is 7.29. The summed E-state index contributed by atoms with van der Waals surface area (Å²) in [7, 11) is 0. The van der Waals surface area contributed by atoms with Crippen molar-refractivity contribution in [1.29, 1.82) is 0 Å². The predicted octanol–water partition coefficient (Wildman–Crippen LogP) is 2.99. The quantitative estimate of drug-likeness (QED) is 0.732. The molecule has 20 heavy (non-hydrogen) atoms. The summed E-state index contributed by atoms with van der Waals surface area (Å²) < 4.78 is 5.46. The van der Waals surface area contributed by atoms with Crippen LogP contribution in [0.25, 0.3) is 0 Å². The molecule has 0 spiro atoms. The van der Waals surface area contributed by atoms with Crippen molar-refractivity contribution < 1.29 is 14.3 Å². The summed E-state index contributed by atoms with van der Waals surface area (Å²) in [5, 5.41) is 0. The van der Waals surface area contributed by atoms with Crippen molar-refractivity contribution in [1.82, 2.24) is 9.80 Å². The zero-order valence-corrected chi connectivity index (χ0v) is 13.6. The summed E-state index contributed by atoms with van der Waals surface area (Å²) in [5.74, 6) is 0. The highest BCUT2D eigenvalue weighted by atomic mass is 16.6. The smallest absolute Gasteiger partial charge is 0.411 e. The predicted molar refractivity (Wildman–Crippen MR) is 78.2 cm³/mol. The van der Waals surface area contributed by atoms with E-state index in [0.29, 0.717) is 6.54 Å². The van der Waals surface area contributed by atoms with Gasteiger partial charge in [-0.2, -0.15) is 0 Å². The molecule has 0 bridgehead atoms. The summed E-state index contributed by atoms with van der Waals surface area (Å²) in [6.45, 7) is 12.1. The molecular formula is C15H28N2O3. The van der Waals surface area contributed by atoms with Crippen molar-refractivity contribution in [2.45, 2.75) is 78.1 Å². The molecule has 0 aromatic carbocycles. The zero-order valence-electron chi connectivity index (χ0n) is 13.6. The lowest BCUT2D eigenvalue weighted by Crippen LogP contribution is -2.58. The van der Waals surface area contributed by atoms with E-state index in [4.69, 9.17) is 4.74 Å². The maximum absolute atomic E-state index is 12.3. The normalized spacial score (nSPS) is 20.5. The van der Waals surface area contributed by atoms with Gasteiger partial charge in [-0.15, -0.1) is 0 Å². The Bertz CT molecular complexity index is 355. The molecule has 5 heteroatoms. The van der Waals surface area contributed by atoms with Gasteiger partial charge in [-0.05, 0) is 60.8 Å². The first kappa shape index (κ1) is 16.8. The van der Waals surface area contributed by atoms with Gasteiger partial charge < -0.3 is 9.64 Å². The van der Waals surface area contributed by atoms with Crippen LogP contribution in [0, 0.1) is 0 Å². The van der Waals surface area contributed by atoms with Gasteiger partial charge in [-0.1, -0.05) is 0 Å². The number of carbonyl (C=O) groups is 2. The summed E-state index contributed by atoms with van der Waals surface area (Å²) >= 11 is 0. The van der Waals surface area contributed by atoms with E-state index in [1.165, 1.54) is 0 Å². The van der Waals surface area contributed by atoms with Gasteiger partial charge in [0.2, 0.25) is 6.41 Å². The van der Waals surface area contributed by atoms with E-state index >= 15 is 0 Å².